The summed E-state index contributed by atoms with van der Waals surface area (Å²) in [6.07, 6.45) is 13.6. The van der Waals surface area contributed by atoms with E-state index in [2.05, 4.69) is 161 Å². The Bertz CT molecular complexity index is 2920. The Morgan fingerprint density at radius 2 is 1.54 bits per heavy atom. The van der Waals surface area contributed by atoms with Crippen LogP contribution in [0, 0.1) is 5.92 Å². The van der Waals surface area contributed by atoms with E-state index in [1.165, 1.54) is 88.5 Å². The zero-order valence-corrected chi connectivity index (χ0v) is 35.9. The SMILES string of the molecule is C=C1CC2C(CCc3ccc4c(oc5ccccc54)c3-c3n1c1ccccc1[n+]3Cc1ccccc1)c1ccccc1-c1cc(CC3CCCCC3)c([Si](C)(C)C)c[n+]12. The molecule has 8 aromatic rings. The lowest BCUT2D eigenvalue weighted by Crippen LogP contribution is -2.54. The van der Waals surface area contributed by atoms with Crippen LogP contribution in [-0.2, 0) is 19.4 Å². The highest BCUT2D eigenvalue weighted by Crippen LogP contribution is 2.47. The molecule has 0 bridgehead atoms. The van der Waals surface area contributed by atoms with Gasteiger partial charge in [0, 0.05) is 33.5 Å². The molecule has 11 rings (SSSR count). The molecule has 59 heavy (non-hydrogen) atoms. The van der Waals surface area contributed by atoms with Gasteiger partial charge >= 0.3 is 0 Å². The first-order valence-corrected chi connectivity index (χ1v) is 25.7. The molecule has 1 aliphatic carbocycles. The van der Waals surface area contributed by atoms with E-state index >= 15 is 0 Å². The molecule has 2 unspecified atom stereocenters. The van der Waals surface area contributed by atoms with Crippen LogP contribution >= 0.6 is 0 Å². The smallest absolute Gasteiger partial charge is 0.299 e. The monoisotopic (exact) mass is 789 g/mol. The second-order valence-electron chi connectivity index (χ2n) is 18.8. The number of hydrogen-bond acceptors (Lipinski definition) is 1. The van der Waals surface area contributed by atoms with Gasteiger partial charge in [0.05, 0.1) is 14.5 Å². The maximum atomic E-state index is 6.98. The van der Waals surface area contributed by atoms with Crippen LogP contribution in [0.3, 0.4) is 0 Å². The number of benzene rings is 5. The summed E-state index contributed by atoms with van der Waals surface area (Å²) >= 11 is 0. The third kappa shape index (κ3) is 6.15. The van der Waals surface area contributed by atoms with E-state index in [0.29, 0.717) is 5.92 Å². The highest BCUT2D eigenvalue weighted by atomic mass is 28.3. The maximum Gasteiger partial charge on any atom is 0.299 e. The lowest BCUT2D eigenvalue weighted by atomic mass is 9.77. The number of hydrogen-bond donors (Lipinski definition) is 0. The van der Waals surface area contributed by atoms with Crippen LogP contribution in [0.5, 0.6) is 0 Å². The highest BCUT2D eigenvalue weighted by molar-refractivity contribution is 6.89. The molecular formula is C54H55N3OSi+2. The fourth-order valence-electron chi connectivity index (χ4n) is 11.3. The van der Waals surface area contributed by atoms with Gasteiger partial charge in [-0.05, 0) is 71.7 Å². The highest BCUT2D eigenvalue weighted by Gasteiger charge is 2.45. The zero-order valence-electron chi connectivity index (χ0n) is 34.9. The Kier molecular flexibility index (Phi) is 8.88. The Labute approximate surface area is 349 Å². The summed E-state index contributed by atoms with van der Waals surface area (Å²) in [5.74, 6) is 2.27. The van der Waals surface area contributed by atoms with E-state index < -0.39 is 8.07 Å². The maximum absolute atomic E-state index is 6.98. The topological polar surface area (TPSA) is 25.8 Å². The van der Waals surface area contributed by atoms with Crippen molar-refractivity contribution in [3.8, 4) is 22.6 Å². The van der Waals surface area contributed by atoms with Crippen LogP contribution < -0.4 is 14.3 Å². The molecule has 1 fully saturated rings. The molecule has 3 aromatic heterocycles. The second-order valence-corrected chi connectivity index (χ2v) is 23.9. The molecule has 5 heterocycles. The number of nitrogens with zero attached hydrogens (tertiary/aromatic N) is 3. The second kappa shape index (κ2) is 14.3. The average Bonchev–Trinajstić information content (AvgIpc) is 3.79. The Morgan fingerprint density at radius 3 is 2.39 bits per heavy atom. The van der Waals surface area contributed by atoms with Crippen molar-refractivity contribution in [2.45, 2.75) is 95.9 Å². The van der Waals surface area contributed by atoms with Gasteiger partial charge in [-0.3, -0.25) is 0 Å². The van der Waals surface area contributed by atoms with E-state index in [-0.39, 0.29) is 6.04 Å². The minimum atomic E-state index is -1.71. The number of fused-ring (bicyclic) bond motifs is 15. The first-order chi connectivity index (χ1) is 28.8. The van der Waals surface area contributed by atoms with Crippen molar-refractivity contribution in [3.63, 3.8) is 0 Å². The van der Waals surface area contributed by atoms with Crippen molar-refractivity contribution in [3.05, 3.63) is 156 Å². The van der Waals surface area contributed by atoms with Gasteiger partial charge in [0.25, 0.3) is 5.82 Å². The van der Waals surface area contributed by atoms with Crippen molar-refractivity contribution in [1.82, 2.24) is 4.57 Å². The van der Waals surface area contributed by atoms with E-state index in [4.69, 9.17) is 11.0 Å². The van der Waals surface area contributed by atoms with Gasteiger partial charge in [0.15, 0.2) is 28.9 Å². The third-order valence-corrected chi connectivity index (χ3v) is 16.2. The van der Waals surface area contributed by atoms with Gasteiger partial charge < -0.3 is 4.42 Å². The number of pyridine rings is 1. The lowest BCUT2D eigenvalue weighted by Gasteiger charge is -2.33. The Morgan fingerprint density at radius 1 is 0.780 bits per heavy atom. The van der Waals surface area contributed by atoms with E-state index in [1.807, 2.05) is 0 Å². The quantitative estimate of drug-likeness (QED) is 0.126. The number of para-hydroxylation sites is 3. The van der Waals surface area contributed by atoms with Crippen LogP contribution in [0.1, 0.15) is 79.2 Å². The summed E-state index contributed by atoms with van der Waals surface area (Å²) in [6.45, 7) is 13.5. The minimum Gasteiger partial charge on any atom is -0.455 e. The minimum absolute atomic E-state index is 0.222. The van der Waals surface area contributed by atoms with Gasteiger partial charge in [-0.25, -0.2) is 4.57 Å². The first kappa shape index (κ1) is 36.5. The molecular weight excluding hydrogens is 735 g/mol. The molecule has 3 aliphatic rings. The number of rotatable bonds is 5. The van der Waals surface area contributed by atoms with Gasteiger partial charge in [0.2, 0.25) is 5.69 Å². The van der Waals surface area contributed by atoms with Crippen molar-refractivity contribution < 1.29 is 13.6 Å². The molecule has 2 aliphatic heterocycles. The van der Waals surface area contributed by atoms with Crippen molar-refractivity contribution in [2.24, 2.45) is 5.92 Å². The summed E-state index contributed by atoms with van der Waals surface area (Å²) in [4.78, 5) is 0. The molecule has 294 valence electrons. The van der Waals surface area contributed by atoms with Crippen LogP contribution in [-0.4, -0.2) is 12.6 Å². The number of aromatic nitrogens is 3. The summed E-state index contributed by atoms with van der Waals surface area (Å²) in [6, 6.07) is 45.4. The molecule has 0 N–H and O–H groups in total. The average molecular weight is 790 g/mol. The van der Waals surface area contributed by atoms with Gasteiger partial charge in [-0.2, -0.15) is 9.13 Å². The van der Waals surface area contributed by atoms with Gasteiger partial charge in [0.1, 0.15) is 23.4 Å². The normalized spacial score (nSPS) is 18.3. The Hall–Kier alpha value is -5.52. The fraction of sp³-hybridized carbons (Fsp3) is 0.296. The van der Waals surface area contributed by atoms with Crippen molar-refractivity contribution in [1.29, 1.82) is 0 Å². The van der Waals surface area contributed by atoms with Gasteiger partial charge in [-0.1, -0.05) is 149 Å². The van der Waals surface area contributed by atoms with Crippen LogP contribution in [0.4, 0.5) is 0 Å². The number of furan rings is 1. The summed E-state index contributed by atoms with van der Waals surface area (Å²) < 4.78 is 14.8. The molecule has 0 spiro atoms. The largest absolute Gasteiger partial charge is 0.455 e. The van der Waals surface area contributed by atoms with E-state index in [9.17, 15) is 0 Å². The van der Waals surface area contributed by atoms with E-state index in [1.54, 1.807) is 10.8 Å². The predicted molar refractivity (Wildman–Crippen MR) is 246 cm³/mol. The van der Waals surface area contributed by atoms with E-state index in [0.717, 1.165) is 59.8 Å². The first-order valence-electron chi connectivity index (χ1n) is 22.2. The number of imidazole rings is 1. The summed E-state index contributed by atoms with van der Waals surface area (Å²) in [5, 5.41) is 3.96. The van der Waals surface area contributed by atoms with Gasteiger partial charge in [-0.15, -0.1) is 0 Å². The zero-order chi connectivity index (χ0) is 39.8. The summed E-state index contributed by atoms with van der Waals surface area (Å²) in [7, 11) is -1.71. The molecule has 5 heteroatoms. The Balaban J connectivity index is 1.16. The van der Waals surface area contributed by atoms with Crippen LogP contribution in [0.2, 0.25) is 19.6 Å². The standard InChI is InChI=1S/C54H55N3OSi/c1-36-31-48-43(41-21-11-12-22-42(41)49-33-40(32-37-17-7-5-8-18-37)51(35-55(48)49)59(2,3)4)29-27-39-28-30-45-44-23-13-16-26-50(44)58-53(45)52(39)54-56(34-38-19-9-6-10-20-38)46-24-14-15-25-47(46)57(36)54/h6,9-16,19-26,28,30,33,35,37,43,48H,1,5,7-8,17-18,27,29,31-32,34H2,2-4H3/q+2. The third-order valence-electron chi connectivity index (χ3n) is 14.1. The molecule has 0 amide bonds. The molecule has 5 aromatic carbocycles. The fourth-order valence-corrected chi connectivity index (χ4v) is 13.0. The molecule has 2 atom stereocenters. The van der Waals surface area contributed by atoms with Crippen molar-refractivity contribution >= 4 is 51.9 Å². The number of allylic oxidation sites excluding steroid dienone is 1. The lowest BCUT2D eigenvalue weighted by molar-refractivity contribution is -0.716. The number of aryl methyl sites for hydroxylation is 1. The molecule has 0 saturated heterocycles. The molecule has 4 nitrogen and oxygen atoms in total. The van der Waals surface area contributed by atoms with Crippen molar-refractivity contribution in [2.75, 3.05) is 0 Å². The predicted octanol–water partition coefficient (Wildman–Crippen LogP) is 12.3. The summed E-state index contributed by atoms with van der Waals surface area (Å²) in [5.41, 5.74) is 15.1. The molecule has 0 radical (unpaired) electrons. The van der Waals surface area contributed by atoms with Crippen LogP contribution in [0.15, 0.2) is 139 Å². The van der Waals surface area contributed by atoms with Crippen LogP contribution in [0.25, 0.3) is 61.3 Å². The molecule has 1 saturated carbocycles.